The third-order valence-corrected chi connectivity index (χ3v) is 10.1. The SMILES string of the molecule is CCC(=O)Nc1nn(C)c2c(-c3ccc(C#CC(C)(C)O)nc3[C@H](Cc3cc(F)cc(F)c3)NC(=O)Cn3nc(C(F)(F)F)c4c3C(F)(F)[C@@H]3C[C@H]43)ccc(Cl)c12. The van der Waals surface area contributed by atoms with Crippen molar-refractivity contribution in [1.29, 1.82) is 0 Å². The molecule has 2 aliphatic rings. The second-order valence-electron chi connectivity index (χ2n) is 14.6. The number of hydrogen-bond donors (Lipinski definition) is 3. The van der Waals surface area contributed by atoms with Crippen LogP contribution in [0.3, 0.4) is 0 Å². The van der Waals surface area contributed by atoms with Crippen molar-refractivity contribution in [3.63, 3.8) is 0 Å². The number of carbonyl (C=O) groups excluding carboxylic acids is 2. The zero-order valence-corrected chi connectivity index (χ0v) is 31.4. The number of alkyl halides is 5. The normalized spacial score (nSPS) is 17.4. The van der Waals surface area contributed by atoms with E-state index in [1.54, 1.807) is 26.1 Å². The Kier molecular flexibility index (Phi) is 9.88. The van der Waals surface area contributed by atoms with Crippen molar-refractivity contribution in [2.24, 2.45) is 13.0 Å². The first-order valence-electron chi connectivity index (χ1n) is 17.7. The predicted octanol–water partition coefficient (Wildman–Crippen LogP) is 7.56. The number of aliphatic hydroxyl groups is 1. The largest absolute Gasteiger partial charge is 0.435 e. The molecule has 18 heteroatoms. The molecule has 1 fully saturated rings. The third kappa shape index (κ3) is 7.67. The molecule has 57 heavy (non-hydrogen) atoms. The first-order chi connectivity index (χ1) is 26.7. The quantitative estimate of drug-likeness (QED) is 0.104. The van der Waals surface area contributed by atoms with E-state index in [2.05, 4.69) is 32.7 Å². The number of nitrogens with zero attached hydrogens (tertiary/aromatic N) is 5. The molecule has 0 saturated heterocycles. The van der Waals surface area contributed by atoms with Crippen LogP contribution < -0.4 is 10.6 Å². The van der Waals surface area contributed by atoms with Crippen LogP contribution >= 0.6 is 11.6 Å². The van der Waals surface area contributed by atoms with Gasteiger partial charge in [0.25, 0.3) is 5.92 Å². The maximum atomic E-state index is 15.4. The van der Waals surface area contributed by atoms with Gasteiger partial charge in [0.05, 0.1) is 27.7 Å². The maximum absolute atomic E-state index is 15.4. The number of carbonyl (C=O) groups is 2. The first-order valence-corrected chi connectivity index (χ1v) is 18.1. The summed E-state index contributed by atoms with van der Waals surface area (Å²) in [6, 6.07) is 7.52. The summed E-state index contributed by atoms with van der Waals surface area (Å²) in [6.45, 7) is 3.45. The number of halogens is 8. The van der Waals surface area contributed by atoms with E-state index >= 15 is 8.78 Å². The fourth-order valence-electron chi connectivity index (χ4n) is 7.31. The zero-order valence-electron chi connectivity index (χ0n) is 30.6. The van der Waals surface area contributed by atoms with Crippen molar-refractivity contribution in [3.8, 4) is 23.0 Å². The van der Waals surface area contributed by atoms with Crippen molar-refractivity contribution in [1.82, 2.24) is 29.9 Å². The lowest BCUT2D eigenvalue weighted by atomic mass is 9.93. The van der Waals surface area contributed by atoms with Gasteiger partial charge >= 0.3 is 6.18 Å². The number of pyridine rings is 1. The van der Waals surface area contributed by atoms with Gasteiger partial charge in [0.1, 0.15) is 35.2 Å². The van der Waals surface area contributed by atoms with Crippen LogP contribution in [0.2, 0.25) is 5.02 Å². The predicted molar refractivity (Wildman–Crippen MR) is 194 cm³/mol. The van der Waals surface area contributed by atoms with Crippen molar-refractivity contribution in [3.05, 3.63) is 93.0 Å². The van der Waals surface area contributed by atoms with E-state index in [1.165, 1.54) is 30.7 Å². The summed E-state index contributed by atoms with van der Waals surface area (Å²) in [5, 5.41) is 24.1. The molecule has 2 amide bonds. The molecule has 3 atom stereocenters. The van der Waals surface area contributed by atoms with Crippen molar-refractivity contribution < 1.29 is 45.4 Å². The maximum Gasteiger partial charge on any atom is 0.435 e. The summed E-state index contributed by atoms with van der Waals surface area (Å²) in [4.78, 5) is 31.0. The zero-order chi connectivity index (χ0) is 41.4. The van der Waals surface area contributed by atoms with Crippen LogP contribution in [-0.2, 0) is 41.7 Å². The van der Waals surface area contributed by atoms with E-state index in [-0.39, 0.29) is 58.5 Å². The van der Waals surface area contributed by atoms with Gasteiger partial charge in [-0.2, -0.15) is 32.1 Å². The number of aromatic nitrogens is 5. The van der Waals surface area contributed by atoms with E-state index in [1.807, 2.05) is 0 Å². The van der Waals surface area contributed by atoms with Crippen LogP contribution in [0.5, 0.6) is 0 Å². The molecule has 2 aromatic carbocycles. The Labute approximate surface area is 325 Å². The van der Waals surface area contributed by atoms with Gasteiger partial charge in [-0.15, -0.1) is 0 Å². The van der Waals surface area contributed by atoms with Crippen LogP contribution in [-0.4, -0.2) is 47.1 Å². The van der Waals surface area contributed by atoms with Crippen LogP contribution in [0, 0.1) is 29.4 Å². The van der Waals surface area contributed by atoms with E-state index in [0.717, 1.165) is 12.1 Å². The average Bonchev–Trinajstić information content (AvgIpc) is 3.64. The number of hydrogen-bond acceptors (Lipinski definition) is 6. The molecule has 5 aromatic rings. The number of anilines is 1. The monoisotopic (exact) mass is 815 g/mol. The Morgan fingerprint density at radius 2 is 1.74 bits per heavy atom. The second-order valence-corrected chi connectivity index (χ2v) is 15.0. The summed E-state index contributed by atoms with van der Waals surface area (Å²) in [5.74, 6) is -3.83. The molecule has 0 unspecified atom stereocenters. The van der Waals surface area contributed by atoms with Crippen LogP contribution in [0.15, 0.2) is 42.5 Å². The Bertz CT molecular complexity index is 2510. The summed E-state index contributed by atoms with van der Waals surface area (Å²) < 4.78 is 104. The van der Waals surface area contributed by atoms with Gasteiger partial charge in [-0.1, -0.05) is 30.5 Å². The van der Waals surface area contributed by atoms with Gasteiger partial charge in [-0.25, -0.2) is 13.8 Å². The smallest absolute Gasteiger partial charge is 0.378 e. The van der Waals surface area contributed by atoms with Gasteiger partial charge in [-0.3, -0.25) is 19.0 Å². The van der Waals surface area contributed by atoms with Crippen molar-refractivity contribution in [2.45, 2.75) is 76.2 Å². The number of aryl methyl sites for hydroxylation is 1. The van der Waals surface area contributed by atoms with E-state index in [9.17, 15) is 36.6 Å². The van der Waals surface area contributed by atoms with Crippen LogP contribution in [0.4, 0.5) is 36.6 Å². The standard InChI is InChI=1S/C39H33ClF7N7O3/c1-5-28(55)50-36-31-26(40)9-8-23(33(31)53(4)52-36)22-7-6-21(10-11-37(2,3)57)48-32(22)27(14-18-12-19(41)15-20(42)13-18)49-29(56)17-54-35-30(34(51-54)39(45,46)47)24-16-25(24)38(35,43)44/h6-9,12-13,15,24-25,27,57H,5,14,16-17H2,1-4H3,(H,49,56)(H,50,52,55)/t24-,25+,27-/m0/s1. The lowest BCUT2D eigenvalue weighted by Gasteiger charge is -2.23. The molecule has 3 aromatic heterocycles. The van der Waals surface area contributed by atoms with Crippen molar-refractivity contribution >= 4 is 40.1 Å². The van der Waals surface area contributed by atoms with Gasteiger partial charge in [0.2, 0.25) is 11.8 Å². The minimum absolute atomic E-state index is 0.0211. The number of fused-ring (bicyclic) bond motifs is 4. The van der Waals surface area contributed by atoms with E-state index in [0.29, 0.717) is 27.2 Å². The summed E-state index contributed by atoms with van der Waals surface area (Å²) in [5.41, 5.74) is -3.37. The fraction of sp³-hybridized carbons (Fsp3) is 0.359. The van der Waals surface area contributed by atoms with E-state index < -0.39 is 76.6 Å². The average molecular weight is 816 g/mol. The summed E-state index contributed by atoms with van der Waals surface area (Å²) in [6.07, 6.45) is -5.44. The van der Waals surface area contributed by atoms with Gasteiger partial charge in [0.15, 0.2) is 11.5 Å². The Morgan fingerprint density at radius 3 is 2.39 bits per heavy atom. The highest BCUT2D eigenvalue weighted by Crippen LogP contribution is 2.68. The molecule has 7 rings (SSSR count). The highest BCUT2D eigenvalue weighted by Gasteiger charge is 2.68. The number of amides is 2. The molecule has 0 bridgehead atoms. The molecule has 0 spiro atoms. The van der Waals surface area contributed by atoms with Crippen LogP contribution in [0.1, 0.15) is 79.5 Å². The van der Waals surface area contributed by atoms with Gasteiger partial charge in [0, 0.05) is 42.1 Å². The van der Waals surface area contributed by atoms with Gasteiger partial charge < -0.3 is 15.7 Å². The molecular weight excluding hydrogens is 783 g/mol. The minimum atomic E-state index is -5.07. The number of benzene rings is 2. The number of nitrogens with one attached hydrogen (secondary N) is 2. The molecule has 0 aliphatic heterocycles. The van der Waals surface area contributed by atoms with Crippen LogP contribution in [0.25, 0.3) is 22.0 Å². The Balaban J connectivity index is 1.38. The molecule has 1 saturated carbocycles. The Hall–Kier alpha value is -5.47. The lowest BCUT2D eigenvalue weighted by molar-refractivity contribution is -0.142. The minimum Gasteiger partial charge on any atom is -0.378 e. The first kappa shape index (κ1) is 39.8. The third-order valence-electron chi connectivity index (χ3n) is 9.75. The molecule has 298 valence electrons. The second kappa shape index (κ2) is 14.2. The Morgan fingerprint density at radius 1 is 1.05 bits per heavy atom. The van der Waals surface area contributed by atoms with Crippen molar-refractivity contribution in [2.75, 3.05) is 5.32 Å². The summed E-state index contributed by atoms with van der Waals surface area (Å²) >= 11 is 6.64. The number of rotatable bonds is 9. The molecule has 2 aliphatic carbocycles. The van der Waals surface area contributed by atoms with E-state index in [4.69, 9.17) is 16.6 Å². The molecule has 0 radical (unpaired) electrons. The molecule has 3 heterocycles. The summed E-state index contributed by atoms with van der Waals surface area (Å²) in [7, 11) is 1.59. The fourth-order valence-corrected chi connectivity index (χ4v) is 7.55. The highest BCUT2D eigenvalue weighted by molar-refractivity contribution is 6.37. The lowest BCUT2D eigenvalue weighted by Crippen LogP contribution is -2.35. The molecular formula is C39H33ClF7N7O3. The molecule has 3 N–H and O–H groups in total. The molecule has 10 nitrogen and oxygen atoms in total. The topological polar surface area (TPSA) is 127 Å². The highest BCUT2D eigenvalue weighted by atomic mass is 35.5. The van der Waals surface area contributed by atoms with Gasteiger partial charge in [-0.05, 0) is 74.4 Å².